The summed E-state index contributed by atoms with van der Waals surface area (Å²) >= 11 is 0. The molecule has 1 N–H and O–H groups in total. The highest BCUT2D eigenvalue weighted by atomic mass is 15.1. The summed E-state index contributed by atoms with van der Waals surface area (Å²) in [5, 5.41) is 3.59. The smallest absolute Gasteiger partial charge is 0.0105 e. The van der Waals surface area contributed by atoms with E-state index in [-0.39, 0.29) is 0 Å². The second kappa shape index (κ2) is 8.38. The molecule has 0 radical (unpaired) electrons. The van der Waals surface area contributed by atoms with Gasteiger partial charge in [0.25, 0.3) is 0 Å². The minimum absolute atomic E-state index is 0.756. The fourth-order valence-electron chi connectivity index (χ4n) is 4.53. The van der Waals surface area contributed by atoms with Crippen LogP contribution in [-0.4, -0.2) is 37.6 Å². The van der Waals surface area contributed by atoms with Gasteiger partial charge >= 0.3 is 0 Å². The molecule has 20 heavy (non-hydrogen) atoms. The quantitative estimate of drug-likeness (QED) is 0.764. The molecule has 0 amide bonds. The summed E-state index contributed by atoms with van der Waals surface area (Å²) < 4.78 is 0. The molecule has 0 saturated heterocycles. The summed E-state index contributed by atoms with van der Waals surface area (Å²) in [4.78, 5) is 2.71. The summed E-state index contributed by atoms with van der Waals surface area (Å²) in [7, 11) is 4.55. The summed E-state index contributed by atoms with van der Waals surface area (Å²) in [6.07, 6.45) is 14.3. The zero-order chi connectivity index (χ0) is 14.4. The van der Waals surface area contributed by atoms with E-state index in [1.807, 2.05) is 0 Å². The van der Waals surface area contributed by atoms with Crippen LogP contribution in [0.15, 0.2) is 0 Å². The minimum atomic E-state index is 0.756. The largest absolute Gasteiger partial charge is 0.317 e. The number of nitrogens with zero attached hydrogens (tertiary/aromatic N) is 1. The molecule has 0 bridgehead atoms. The van der Waals surface area contributed by atoms with Crippen LogP contribution in [0.2, 0.25) is 0 Å². The van der Waals surface area contributed by atoms with Gasteiger partial charge in [0, 0.05) is 18.6 Å². The van der Waals surface area contributed by atoms with Crippen molar-refractivity contribution in [3.8, 4) is 0 Å². The van der Waals surface area contributed by atoms with Crippen molar-refractivity contribution in [3.05, 3.63) is 0 Å². The van der Waals surface area contributed by atoms with E-state index in [1.165, 1.54) is 70.8 Å². The summed E-state index contributed by atoms with van der Waals surface area (Å²) in [6.45, 7) is 3.68. The van der Waals surface area contributed by atoms with Gasteiger partial charge in [-0.15, -0.1) is 0 Å². The lowest BCUT2D eigenvalue weighted by Gasteiger charge is -2.39. The molecule has 118 valence electrons. The zero-order valence-electron chi connectivity index (χ0n) is 14.0. The molecular weight excluding hydrogens is 244 g/mol. The number of rotatable bonds is 5. The van der Waals surface area contributed by atoms with E-state index in [1.54, 1.807) is 0 Å². The molecule has 2 fully saturated rings. The van der Waals surface area contributed by atoms with Crippen LogP contribution in [0, 0.1) is 11.8 Å². The van der Waals surface area contributed by atoms with Gasteiger partial charge in [-0.3, -0.25) is 0 Å². The standard InChI is InChI=1S/C18H36N2/c1-4-15-11-12-18(19-2)16(13-15)14-20(3)17-9-7-5-6-8-10-17/h15-19H,4-14H2,1-3H3. The first kappa shape index (κ1) is 16.3. The van der Waals surface area contributed by atoms with Crippen LogP contribution < -0.4 is 5.32 Å². The maximum atomic E-state index is 3.59. The lowest BCUT2D eigenvalue weighted by molar-refractivity contribution is 0.125. The maximum absolute atomic E-state index is 3.59. The molecule has 2 aliphatic carbocycles. The second-order valence-corrected chi connectivity index (χ2v) is 7.33. The normalized spacial score (nSPS) is 33.3. The topological polar surface area (TPSA) is 15.3 Å². The number of hydrogen-bond donors (Lipinski definition) is 1. The Labute approximate surface area is 126 Å². The van der Waals surface area contributed by atoms with Gasteiger partial charge < -0.3 is 10.2 Å². The Morgan fingerprint density at radius 2 is 1.70 bits per heavy atom. The second-order valence-electron chi connectivity index (χ2n) is 7.33. The highest BCUT2D eigenvalue weighted by Gasteiger charge is 2.30. The number of nitrogens with one attached hydrogen (secondary N) is 1. The molecule has 0 aliphatic heterocycles. The molecule has 0 heterocycles. The van der Waals surface area contributed by atoms with Crippen LogP contribution >= 0.6 is 0 Å². The average molecular weight is 280 g/mol. The molecule has 2 heteroatoms. The highest BCUT2D eigenvalue weighted by molar-refractivity contribution is 4.86. The first-order valence-corrected chi connectivity index (χ1v) is 9.12. The predicted octanol–water partition coefficient (Wildman–Crippen LogP) is 4.06. The summed E-state index contributed by atoms with van der Waals surface area (Å²) in [5.74, 6) is 1.85. The Morgan fingerprint density at radius 3 is 2.30 bits per heavy atom. The van der Waals surface area contributed by atoms with Crippen molar-refractivity contribution in [2.24, 2.45) is 11.8 Å². The molecule has 0 aromatic carbocycles. The third-order valence-corrected chi connectivity index (χ3v) is 6.01. The van der Waals surface area contributed by atoms with Gasteiger partial charge in [0.15, 0.2) is 0 Å². The molecule has 0 aromatic heterocycles. The van der Waals surface area contributed by atoms with Gasteiger partial charge in [-0.2, -0.15) is 0 Å². The van der Waals surface area contributed by atoms with Crippen molar-refractivity contribution < 1.29 is 0 Å². The molecule has 0 spiro atoms. The molecule has 3 unspecified atom stereocenters. The van der Waals surface area contributed by atoms with Gasteiger partial charge in [-0.1, -0.05) is 39.0 Å². The highest BCUT2D eigenvalue weighted by Crippen LogP contribution is 2.32. The summed E-state index contributed by atoms with van der Waals surface area (Å²) in [5.41, 5.74) is 0. The van der Waals surface area contributed by atoms with E-state index in [9.17, 15) is 0 Å². The molecule has 2 nitrogen and oxygen atoms in total. The summed E-state index contributed by atoms with van der Waals surface area (Å²) in [6, 6.07) is 1.61. The Kier molecular flexibility index (Phi) is 6.83. The molecule has 3 atom stereocenters. The fraction of sp³-hybridized carbons (Fsp3) is 1.00. The van der Waals surface area contributed by atoms with Gasteiger partial charge in [-0.05, 0) is 58.0 Å². The average Bonchev–Trinajstić information content (AvgIpc) is 2.76. The van der Waals surface area contributed by atoms with Crippen molar-refractivity contribution in [1.29, 1.82) is 0 Å². The van der Waals surface area contributed by atoms with Crippen LogP contribution in [0.1, 0.15) is 71.1 Å². The third kappa shape index (κ3) is 4.46. The van der Waals surface area contributed by atoms with Crippen molar-refractivity contribution in [3.63, 3.8) is 0 Å². The molecule has 0 aromatic rings. The van der Waals surface area contributed by atoms with E-state index in [2.05, 4.69) is 31.2 Å². The van der Waals surface area contributed by atoms with Crippen molar-refractivity contribution in [2.75, 3.05) is 20.6 Å². The SMILES string of the molecule is CCC1CCC(NC)C(CN(C)C2CCCCCC2)C1. The van der Waals surface area contributed by atoms with Crippen LogP contribution in [0.5, 0.6) is 0 Å². The molecular formula is C18H36N2. The van der Waals surface area contributed by atoms with E-state index < -0.39 is 0 Å². The lowest BCUT2D eigenvalue weighted by Crippen LogP contribution is -2.46. The van der Waals surface area contributed by atoms with E-state index in [4.69, 9.17) is 0 Å². The van der Waals surface area contributed by atoms with Gasteiger partial charge in [0.05, 0.1) is 0 Å². The van der Waals surface area contributed by atoms with Crippen molar-refractivity contribution in [1.82, 2.24) is 10.2 Å². The number of hydrogen-bond acceptors (Lipinski definition) is 2. The predicted molar refractivity (Wildman–Crippen MR) is 88.1 cm³/mol. The Balaban J connectivity index is 1.87. The van der Waals surface area contributed by atoms with Gasteiger partial charge in [-0.25, -0.2) is 0 Å². The first-order valence-electron chi connectivity index (χ1n) is 9.12. The fourth-order valence-corrected chi connectivity index (χ4v) is 4.53. The first-order chi connectivity index (χ1) is 9.74. The van der Waals surface area contributed by atoms with E-state index in [0.717, 1.165) is 23.9 Å². The van der Waals surface area contributed by atoms with Crippen LogP contribution in [0.3, 0.4) is 0 Å². The molecule has 2 aliphatic rings. The minimum Gasteiger partial charge on any atom is -0.317 e. The zero-order valence-corrected chi connectivity index (χ0v) is 14.0. The maximum Gasteiger partial charge on any atom is 0.0105 e. The van der Waals surface area contributed by atoms with Gasteiger partial charge in [0.1, 0.15) is 0 Å². The monoisotopic (exact) mass is 280 g/mol. The Bertz CT molecular complexity index is 258. The van der Waals surface area contributed by atoms with E-state index in [0.29, 0.717) is 0 Å². The van der Waals surface area contributed by atoms with E-state index >= 15 is 0 Å². The van der Waals surface area contributed by atoms with Crippen molar-refractivity contribution >= 4 is 0 Å². The van der Waals surface area contributed by atoms with Gasteiger partial charge in [0.2, 0.25) is 0 Å². The Morgan fingerprint density at radius 1 is 1.00 bits per heavy atom. The Hall–Kier alpha value is -0.0800. The molecule has 2 saturated carbocycles. The van der Waals surface area contributed by atoms with Crippen LogP contribution in [-0.2, 0) is 0 Å². The third-order valence-electron chi connectivity index (χ3n) is 6.01. The van der Waals surface area contributed by atoms with Crippen LogP contribution in [0.25, 0.3) is 0 Å². The lowest BCUT2D eigenvalue weighted by atomic mass is 9.76. The molecule has 2 rings (SSSR count). The van der Waals surface area contributed by atoms with Crippen LogP contribution in [0.4, 0.5) is 0 Å². The van der Waals surface area contributed by atoms with Crippen molar-refractivity contribution in [2.45, 2.75) is 83.2 Å².